The molecule has 214 valence electrons. The molecule has 0 atom stereocenters. The van der Waals surface area contributed by atoms with Gasteiger partial charge in [-0.25, -0.2) is 0 Å². The van der Waals surface area contributed by atoms with E-state index in [2.05, 4.69) is 130 Å². The van der Waals surface area contributed by atoms with Crippen LogP contribution in [0, 0.1) is 6.92 Å². The van der Waals surface area contributed by atoms with Crippen molar-refractivity contribution in [2.24, 2.45) is 0 Å². The van der Waals surface area contributed by atoms with Gasteiger partial charge in [-0.05, 0) is 121 Å². The zero-order valence-electron chi connectivity index (χ0n) is 26.5. The van der Waals surface area contributed by atoms with Crippen LogP contribution in [0.15, 0.2) is 24.8 Å². The van der Waals surface area contributed by atoms with Crippen LogP contribution < -0.4 is 5.19 Å². The first-order valence-electron chi connectivity index (χ1n) is 13.1. The predicted octanol–water partition coefficient (Wildman–Crippen LogP) is 7.49. The van der Waals surface area contributed by atoms with Gasteiger partial charge in [0.25, 0.3) is 0 Å². The average molecular weight is 635 g/mol. The van der Waals surface area contributed by atoms with Crippen LogP contribution in [0.25, 0.3) is 6.08 Å². The van der Waals surface area contributed by atoms with Crippen molar-refractivity contribution < 1.29 is 24.7 Å². The Labute approximate surface area is 235 Å². The molecule has 0 aromatic heterocycles. The van der Waals surface area contributed by atoms with Crippen LogP contribution in [0.2, 0.25) is 98.2 Å². The Morgan fingerprint density at radius 1 is 0.541 bits per heavy atom. The molecule has 0 unspecified atom stereocenters. The minimum atomic E-state index is -2.56. The molecule has 0 aliphatic rings. The second-order valence-electron chi connectivity index (χ2n) is 13.5. The molecule has 0 fully saturated rings. The van der Waals surface area contributed by atoms with Crippen molar-refractivity contribution in [3.63, 3.8) is 0 Å². The molecule has 0 aliphatic heterocycles. The van der Waals surface area contributed by atoms with Gasteiger partial charge in [-0.1, -0.05) is 30.9 Å². The highest BCUT2D eigenvalue weighted by Gasteiger charge is 2.48. The van der Waals surface area contributed by atoms with Crippen LogP contribution in [0.5, 0.6) is 0 Å². The van der Waals surface area contributed by atoms with Gasteiger partial charge in [0.15, 0.2) is 8.32 Å². The molecule has 0 radical (unpaired) electrons. The zero-order chi connectivity index (χ0) is 29.3. The first-order chi connectivity index (χ1) is 16.2. The van der Waals surface area contributed by atoms with Gasteiger partial charge in [0.2, 0.25) is 8.32 Å². The third-order valence-corrected chi connectivity index (χ3v) is 31.1. The normalized spacial score (nSPS) is 14.7. The van der Waals surface area contributed by atoms with Crippen LogP contribution in [0.1, 0.15) is 11.1 Å². The molecule has 0 amide bonds. The lowest BCUT2D eigenvalue weighted by atomic mass is 10.1. The smallest absolute Gasteiger partial charge is 0.314 e. The molecule has 0 aliphatic carbocycles. The van der Waals surface area contributed by atoms with E-state index in [-0.39, 0.29) is 0 Å². The maximum atomic E-state index is 6.84. The second kappa shape index (κ2) is 12.0. The summed E-state index contributed by atoms with van der Waals surface area (Å²) in [7, 11) is -16.3. The number of hydrogen-bond acceptors (Lipinski definition) is 6. The van der Waals surface area contributed by atoms with E-state index in [9.17, 15) is 0 Å². The van der Waals surface area contributed by atoms with Gasteiger partial charge in [0, 0.05) is 0 Å². The molecule has 1 rings (SSSR count). The zero-order valence-corrected chi connectivity index (χ0v) is 33.5. The first kappa shape index (κ1) is 35.3. The maximum Gasteiger partial charge on any atom is 0.314 e. The molecule has 0 saturated carbocycles. The number of aryl methyl sites for hydroxylation is 1. The third kappa shape index (κ3) is 13.0. The highest BCUT2D eigenvalue weighted by atomic mass is 28.5. The van der Waals surface area contributed by atoms with Gasteiger partial charge in [-0.15, -0.1) is 0 Å². The molecule has 0 saturated heterocycles. The van der Waals surface area contributed by atoms with Crippen molar-refractivity contribution in [1.82, 2.24) is 0 Å². The second-order valence-corrected chi connectivity index (χ2v) is 40.2. The molecular weight excluding hydrogens is 581 g/mol. The Kier molecular flexibility index (Phi) is 11.4. The summed E-state index contributed by atoms with van der Waals surface area (Å²) in [4.78, 5) is 0. The molecule has 0 bridgehead atoms. The lowest BCUT2D eigenvalue weighted by Gasteiger charge is -2.43. The summed E-state index contributed by atoms with van der Waals surface area (Å²) in [5, 5.41) is 1.26. The SMILES string of the molecule is C=Cc1ccc([Si](C)(C)O[Si](C)(C)O[Si](C)(C)O[Si](C)(C)O[Si](C)(C)O[Si](C)(C)O[Si](C)(C)C)cc1C. The molecule has 1 aromatic carbocycles. The Morgan fingerprint density at radius 2 is 0.892 bits per heavy atom. The molecular formula is C24H54O6Si7. The summed E-state index contributed by atoms with van der Waals surface area (Å²) in [6.07, 6.45) is 1.90. The van der Waals surface area contributed by atoms with Crippen molar-refractivity contribution >= 4 is 70.7 Å². The Bertz CT molecular complexity index is 940. The molecule has 0 spiro atoms. The van der Waals surface area contributed by atoms with E-state index in [0.29, 0.717) is 0 Å². The fraction of sp³-hybridized carbons (Fsp3) is 0.667. The quantitative estimate of drug-likeness (QED) is 0.198. The standard InChI is InChI=1S/C24H54O6Si7/c1-18-23-19-20-24(21-22(23)2)32(6,7)26-34(10,11)28-36(14,15)30-37(16,17)29-35(12,13)27-33(8,9)25-31(3,4)5/h18-21H,1H2,2-17H3. The molecule has 0 N–H and O–H groups in total. The lowest BCUT2D eigenvalue weighted by molar-refractivity contribution is 0.272. The maximum absolute atomic E-state index is 6.84. The van der Waals surface area contributed by atoms with Gasteiger partial charge in [-0.2, -0.15) is 0 Å². The van der Waals surface area contributed by atoms with Gasteiger partial charge in [0.1, 0.15) is 0 Å². The summed E-state index contributed by atoms with van der Waals surface area (Å²) in [6.45, 7) is 38.2. The Morgan fingerprint density at radius 3 is 1.22 bits per heavy atom. The summed E-state index contributed by atoms with van der Waals surface area (Å²) in [6, 6.07) is 6.54. The Balaban J connectivity index is 2.94. The fourth-order valence-electron chi connectivity index (χ4n) is 5.16. The van der Waals surface area contributed by atoms with E-state index in [4.69, 9.17) is 24.7 Å². The highest BCUT2D eigenvalue weighted by Crippen LogP contribution is 2.28. The topological polar surface area (TPSA) is 55.4 Å². The summed E-state index contributed by atoms with van der Waals surface area (Å²) in [5.74, 6) is 0. The van der Waals surface area contributed by atoms with E-state index < -0.39 is 59.4 Å². The van der Waals surface area contributed by atoms with E-state index in [1.807, 2.05) is 6.08 Å². The van der Waals surface area contributed by atoms with Crippen LogP contribution in [-0.4, -0.2) is 59.4 Å². The van der Waals surface area contributed by atoms with Gasteiger partial charge in [0.05, 0.1) is 0 Å². The summed E-state index contributed by atoms with van der Waals surface area (Å²) in [5.41, 5.74) is 2.37. The van der Waals surface area contributed by atoms with Crippen LogP contribution in [0.3, 0.4) is 0 Å². The molecule has 1 aromatic rings. The van der Waals surface area contributed by atoms with Crippen molar-refractivity contribution in [2.75, 3.05) is 0 Å². The number of rotatable bonds is 14. The minimum absolute atomic E-state index is 1.16. The molecule has 6 nitrogen and oxygen atoms in total. The van der Waals surface area contributed by atoms with Crippen molar-refractivity contribution in [1.29, 1.82) is 0 Å². The van der Waals surface area contributed by atoms with E-state index in [1.54, 1.807) is 0 Å². The highest BCUT2D eigenvalue weighted by molar-refractivity contribution is 6.94. The number of benzene rings is 1. The van der Waals surface area contributed by atoms with Gasteiger partial charge >= 0.3 is 42.8 Å². The average Bonchev–Trinajstić information content (AvgIpc) is 2.53. The van der Waals surface area contributed by atoms with E-state index >= 15 is 0 Å². The largest absolute Gasteiger partial charge is 0.437 e. The van der Waals surface area contributed by atoms with Crippen LogP contribution in [0.4, 0.5) is 0 Å². The van der Waals surface area contributed by atoms with E-state index in [1.165, 1.54) is 10.8 Å². The van der Waals surface area contributed by atoms with E-state index in [0.717, 1.165) is 5.56 Å². The predicted molar refractivity (Wildman–Crippen MR) is 176 cm³/mol. The summed E-state index contributed by atoms with van der Waals surface area (Å²) < 4.78 is 39.9. The summed E-state index contributed by atoms with van der Waals surface area (Å²) >= 11 is 0. The van der Waals surface area contributed by atoms with Crippen molar-refractivity contribution in [3.8, 4) is 0 Å². The fourth-order valence-corrected chi connectivity index (χ4v) is 39.1. The molecule has 37 heavy (non-hydrogen) atoms. The van der Waals surface area contributed by atoms with Crippen LogP contribution >= 0.6 is 0 Å². The molecule has 13 heteroatoms. The third-order valence-electron chi connectivity index (χ3n) is 5.20. The first-order valence-corrected chi connectivity index (χ1v) is 33.5. The Hall–Kier alpha value is 0.238. The van der Waals surface area contributed by atoms with Gasteiger partial charge in [-0.3, -0.25) is 0 Å². The lowest BCUT2D eigenvalue weighted by Crippen LogP contribution is -2.61. The van der Waals surface area contributed by atoms with Crippen molar-refractivity contribution in [3.05, 3.63) is 35.9 Å². The van der Waals surface area contributed by atoms with Crippen molar-refractivity contribution in [2.45, 2.75) is 105 Å². The molecule has 0 heterocycles. The van der Waals surface area contributed by atoms with Crippen LogP contribution in [-0.2, 0) is 24.7 Å². The van der Waals surface area contributed by atoms with Gasteiger partial charge < -0.3 is 24.7 Å². The monoisotopic (exact) mass is 634 g/mol. The minimum Gasteiger partial charge on any atom is -0.437 e. The number of hydrogen-bond donors (Lipinski definition) is 0.